The van der Waals surface area contributed by atoms with Gasteiger partial charge in [-0.2, -0.15) is 0 Å². The fourth-order valence-corrected chi connectivity index (χ4v) is 2.14. The Morgan fingerprint density at radius 3 is 2.79 bits per heavy atom. The van der Waals surface area contributed by atoms with Gasteiger partial charge in [-0.05, 0) is 32.7 Å². The van der Waals surface area contributed by atoms with Crippen LogP contribution in [0, 0.1) is 0 Å². The highest BCUT2D eigenvalue weighted by Crippen LogP contribution is 2.09. The first-order chi connectivity index (χ1) is 9.26. The summed E-state index contributed by atoms with van der Waals surface area (Å²) >= 11 is 0. The standard InChI is InChI=1S/C14H28N4O/c1-3-8-16-14(15-4-2)17-9-5-10-18-11-6-13(19)7-12-18/h3,13,19H,1,4-12H2,2H3,(H2,15,16,17). The molecule has 1 fully saturated rings. The van der Waals surface area contributed by atoms with Crippen LogP contribution in [0.25, 0.3) is 0 Å². The normalized spacial score (nSPS) is 18.3. The smallest absolute Gasteiger partial charge is 0.191 e. The second-order valence-corrected chi connectivity index (χ2v) is 4.86. The van der Waals surface area contributed by atoms with E-state index >= 15 is 0 Å². The lowest BCUT2D eigenvalue weighted by Crippen LogP contribution is -2.38. The van der Waals surface area contributed by atoms with Gasteiger partial charge in [0.05, 0.1) is 6.10 Å². The van der Waals surface area contributed by atoms with Crippen molar-refractivity contribution in [1.29, 1.82) is 0 Å². The molecule has 110 valence electrons. The van der Waals surface area contributed by atoms with E-state index in [-0.39, 0.29) is 6.10 Å². The van der Waals surface area contributed by atoms with Crippen LogP contribution >= 0.6 is 0 Å². The number of rotatable bonds is 7. The Labute approximate surface area is 116 Å². The maximum absolute atomic E-state index is 9.44. The third kappa shape index (κ3) is 7.18. The molecule has 0 aromatic rings. The predicted octanol–water partition coefficient (Wildman–Crippen LogP) is 0.574. The summed E-state index contributed by atoms with van der Waals surface area (Å²) in [5.41, 5.74) is 0. The lowest BCUT2D eigenvalue weighted by Gasteiger charge is -2.29. The molecule has 0 amide bonds. The van der Waals surface area contributed by atoms with Crippen molar-refractivity contribution in [2.75, 3.05) is 39.3 Å². The molecule has 1 aliphatic rings. The van der Waals surface area contributed by atoms with E-state index in [0.717, 1.165) is 64.5 Å². The summed E-state index contributed by atoms with van der Waals surface area (Å²) in [4.78, 5) is 6.93. The van der Waals surface area contributed by atoms with Gasteiger partial charge >= 0.3 is 0 Å². The molecule has 0 bridgehead atoms. The molecule has 3 N–H and O–H groups in total. The molecule has 0 saturated carbocycles. The molecule has 0 aliphatic carbocycles. The molecular weight excluding hydrogens is 240 g/mol. The van der Waals surface area contributed by atoms with Gasteiger partial charge in [0.2, 0.25) is 0 Å². The molecule has 5 nitrogen and oxygen atoms in total. The number of hydrogen-bond donors (Lipinski definition) is 3. The predicted molar refractivity (Wildman–Crippen MR) is 80.5 cm³/mol. The lowest BCUT2D eigenvalue weighted by atomic mass is 10.1. The number of hydrogen-bond acceptors (Lipinski definition) is 3. The molecule has 0 aromatic carbocycles. The second kappa shape index (κ2) is 9.81. The van der Waals surface area contributed by atoms with Crippen LogP contribution in [0.1, 0.15) is 26.2 Å². The fourth-order valence-electron chi connectivity index (χ4n) is 2.14. The third-order valence-electron chi connectivity index (χ3n) is 3.22. The van der Waals surface area contributed by atoms with Gasteiger partial charge < -0.3 is 20.6 Å². The Bertz CT molecular complexity index is 273. The number of guanidine groups is 1. The van der Waals surface area contributed by atoms with Gasteiger partial charge in [-0.15, -0.1) is 6.58 Å². The van der Waals surface area contributed by atoms with E-state index < -0.39 is 0 Å². The average molecular weight is 268 g/mol. The highest BCUT2D eigenvalue weighted by molar-refractivity contribution is 5.79. The first-order valence-corrected chi connectivity index (χ1v) is 7.29. The minimum absolute atomic E-state index is 0.0854. The highest BCUT2D eigenvalue weighted by atomic mass is 16.3. The van der Waals surface area contributed by atoms with Gasteiger partial charge in [-0.1, -0.05) is 6.08 Å². The first-order valence-electron chi connectivity index (χ1n) is 7.29. The van der Waals surface area contributed by atoms with Crippen molar-refractivity contribution in [2.24, 2.45) is 4.99 Å². The van der Waals surface area contributed by atoms with E-state index in [1.807, 2.05) is 6.08 Å². The zero-order valence-electron chi connectivity index (χ0n) is 12.1. The second-order valence-electron chi connectivity index (χ2n) is 4.86. The lowest BCUT2D eigenvalue weighted by molar-refractivity contribution is 0.0824. The maximum Gasteiger partial charge on any atom is 0.191 e. The van der Waals surface area contributed by atoms with Crippen LogP contribution in [0.5, 0.6) is 0 Å². The molecule has 0 aromatic heterocycles. The van der Waals surface area contributed by atoms with Crippen molar-refractivity contribution in [3.05, 3.63) is 12.7 Å². The monoisotopic (exact) mass is 268 g/mol. The first kappa shape index (κ1) is 16.0. The Morgan fingerprint density at radius 2 is 2.16 bits per heavy atom. The topological polar surface area (TPSA) is 59.9 Å². The van der Waals surface area contributed by atoms with Crippen LogP contribution in [0.15, 0.2) is 17.6 Å². The van der Waals surface area contributed by atoms with Crippen molar-refractivity contribution in [3.8, 4) is 0 Å². The Morgan fingerprint density at radius 1 is 1.42 bits per heavy atom. The Hall–Kier alpha value is -1.07. The van der Waals surface area contributed by atoms with Crippen molar-refractivity contribution < 1.29 is 5.11 Å². The van der Waals surface area contributed by atoms with E-state index in [4.69, 9.17) is 0 Å². The summed E-state index contributed by atoms with van der Waals surface area (Å²) in [6, 6.07) is 0. The molecule has 0 radical (unpaired) electrons. The summed E-state index contributed by atoms with van der Waals surface area (Å²) in [5, 5.41) is 15.8. The SMILES string of the molecule is C=CCNC(=NCCCN1CCC(O)CC1)NCC. The summed E-state index contributed by atoms with van der Waals surface area (Å²) < 4.78 is 0. The fraction of sp³-hybridized carbons (Fsp3) is 0.786. The molecule has 5 heteroatoms. The molecule has 0 atom stereocenters. The molecular formula is C14H28N4O. The van der Waals surface area contributed by atoms with Crippen LogP contribution in [0.2, 0.25) is 0 Å². The minimum Gasteiger partial charge on any atom is -0.393 e. The van der Waals surface area contributed by atoms with Crippen LogP contribution in [-0.4, -0.2) is 61.3 Å². The summed E-state index contributed by atoms with van der Waals surface area (Å²) in [6.45, 7) is 11.3. The molecule has 0 unspecified atom stereocenters. The van der Waals surface area contributed by atoms with Crippen LogP contribution in [0.3, 0.4) is 0 Å². The number of aliphatic imine (C=N–C) groups is 1. The van der Waals surface area contributed by atoms with Gasteiger partial charge in [0.25, 0.3) is 0 Å². The molecule has 0 spiro atoms. The summed E-state index contributed by atoms with van der Waals surface area (Å²) in [5.74, 6) is 0.858. The molecule has 1 rings (SSSR count). The summed E-state index contributed by atoms with van der Waals surface area (Å²) in [6.07, 6.45) is 4.62. The quantitative estimate of drug-likeness (QED) is 0.273. The van der Waals surface area contributed by atoms with E-state index in [9.17, 15) is 5.11 Å². The zero-order valence-corrected chi connectivity index (χ0v) is 12.1. The number of likely N-dealkylation sites (tertiary alicyclic amines) is 1. The van der Waals surface area contributed by atoms with Gasteiger partial charge in [-0.3, -0.25) is 4.99 Å². The average Bonchev–Trinajstić information content (AvgIpc) is 2.42. The van der Waals surface area contributed by atoms with Crippen LogP contribution < -0.4 is 10.6 Å². The van der Waals surface area contributed by atoms with Gasteiger partial charge in [0.15, 0.2) is 5.96 Å². The minimum atomic E-state index is -0.0854. The summed E-state index contributed by atoms with van der Waals surface area (Å²) in [7, 11) is 0. The van der Waals surface area contributed by atoms with E-state index in [1.165, 1.54) is 0 Å². The third-order valence-corrected chi connectivity index (χ3v) is 3.22. The van der Waals surface area contributed by atoms with E-state index in [2.05, 4.69) is 34.0 Å². The molecule has 19 heavy (non-hydrogen) atoms. The van der Waals surface area contributed by atoms with E-state index in [1.54, 1.807) is 0 Å². The number of nitrogens with zero attached hydrogens (tertiary/aromatic N) is 2. The maximum atomic E-state index is 9.44. The number of piperidine rings is 1. The van der Waals surface area contributed by atoms with Gasteiger partial charge in [0, 0.05) is 32.7 Å². The molecule has 1 saturated heterocycles. The Kier molecular flexibility index (Phi) is 8.25. The molecule has 1 heterocycles. The number of aliphatic hydroxyl groups is 1. The number of nitrogens with one attached hydrogen (secondary N) is 2. The van der Waals surface area contributed by atoms with Crippen molar-refractivity contribution >= 4 is 5.96 Å². The van der Waals surface area contributed by atoms with Gasteiger partial charge in [-0.25, -0.2) is 0 Å². The molecule has 1 aliphatic heterocycles. The van der Waals surface area contributed by atoms with Crippen molar-refractivity contribution in [3.63, 3.8) is 0 Å². The Balaban J connectivity index is 2.17. The largest absolute Gasteiger partial charge is 0.393 e. The van der Waals surface area contributed by atoms with Crippen LogP contribution in [0.4, 0.5) is 0 Å². The van der Waals surface area contributed by atoms with E-state index in [0.29, 0.717) is 0 Å². The van der Waals surface area contributed by atoms with Crippen LogP contribution in [-0.2, 0) is 0 Å². The number of aliphatic hydroxyl groups excluding tert-OH is 1. The zero-order chi connectivity index (χ0) is 13.9. The van der Waals surface area contributed by atoms with Crippen molar-refractivity contribution in [2.45, 2.75) is 32.3 Å². The highest BCUT2D eigenvalue weighted by Gasteiger charge is 2.15. The van der Waals surface area contributed by atoms with Crippen molar-refractivity contribution in [1.82, 2.24) is 15.5 Å². The van der Waals surface area contributed by atoms with Gasteiger partial charge in [0.1, 0.15) is 0 Å².